The van der Waals surface area contributed by atoms with Crippen LogP contribution in [0.15, 0.2) is 285 Å². The van der Waals surface area contributed by atoms with Gasteiger partial charge in [0.25, 0.3) is 11.8 Å². The molecule has 8 aromatic carbocycles. The molecule has 1 saturated heterocycles. The lowest BCUT2D eigenvalue weighted by atomic mass is 9.77. The van der Waals surface area contributed by atoms with Gasteiger partial charge in [-0.15, -0.1) is 34.4 Å². The van der Waals surface area contributed by atoms with Crippen molar-refractivity contribution >= 4 is 107 Å². The summed E-state index contributed by atoms with van der Waals surface area (Å²) in [5, 5.41) is 13.2. The molecule has 2 atom stereocenters. The smallest absolute Gasteiger partial charge is 0.356 e. The predicted molar refractivity (Wildman–Crippen MR) is 351 cm³/mol. The number of nitrogens with one attached hydrogen (secondary N) is 2. The Labute approximate surface area is 527 Å². The van der Waals surface area contributed by atoms with Gasteiger partial charge in [0.1, 0.15) is 32.7 Å². The first-order valence-corrected chi connectivity index (χ1v) is 32.5. The number of thiazole rings is 1. The van der Waals surface area contributed by atoms with E-state index in [2.05, 4.69) is 47.0 Å². The van der Waals surface area contributed by atoms with Gasteiger partial charge in [-0.25, -0.2) is 9.78 Å². The third kappa shape index (κ3) is 11.2. The van der Waals surface area contributed by atoms with Crippen LogP contribution in [-0.2, 0) is 35.1 Å². The summed E-state index contributed by atoms with van der Waals surface area (Å²) in [4.78, 5) is 73.7. The number of thiophene rings is 1. The molecule has 11 aromatic rings. The van der Waals surface area contributed by atoms with Crippen molar-refractivity contribution < 1.29 is 24.0 Å². The Morgan fingerprint density at radius 1 is 0.632 bits per heavy atom. The first kappa shape index (κ1) is 57.2. The number of carbonyl (C=O) groups is 3. The molecule has 0 saturated carbocycles. The SMILES string of the molecule is O=C(NC1C(=O)N2C(C(=O)OC(c3ccccc3)c3ccccc3)=C(Sc3cc(=O)c4sccc4s3)CS[C@@H]12)C(=NOC(c1ccccc1)(c1ccccc1)c1ccccc1)c1nc(NC(c2ccccc2)(c2ccccc2)c2ccccc2)sc1Cl. The zero-order chi connectivity index (χ0) is 59.3. The van der Waals surface area contributed by atoms with Crippen molar-refractivity contribution in [3.63, 3.8) is 0 Å². The van der Waals surface area contributed by atoms with Gasteiger partial charge in [0, 0.05) is 33.4 Å². The van der Waals surface area contributed by atoms with Crippen molar-refractivity contribution in [3.8, 4) is 0 Å². The Balaban J connectivity index is 0.909. The minimum absolute atomic E-state index is 0.00920. The van der Waals surface area contributed by atoms with Crippen LogP contribution in [-0.4, -0.2) is 50.5 Å². The fourth-order valence-electron chi connectivity index (χ4n) is 11.1. The number of anilines is 1. The second kappa shape index (κ2) is 25.2. The van der Waals surface area contributed by atoms with Crippen molar-refractivity contribution in [2.45, 2.75) is 32.9 Å². The van der Waals surface area contributed by atoms with Crippen LogP contribution >= 0.6 is 69.1 Å². The van der Waals surface area contributed by atoms with E-state index in [1.54, 1.807) is 6.07 Å². The Hall–Kier alpha value is -8.87. The molecule has 2 N–H and O–H groups in total. The summed E-state index contributed by atoms with van der Waals surface area (Å²) in [6, 6.07) is 80.1. The number of oxime groups is 1. The molecule has 428 valence electrons. The van der Waals surface area contributed by atoms with Crippen molar-refractivity contribution in [1.29, 1.82) is 0 Å². The summed E-state index contributed by atoms with van der Waals surface area (Å²) < 4.78 is 8.73. The van der Waals surface area contributed by atoms with Crippen LogP contribution in [0, 0.1) is 0 Å². The lowest BCUT2D eigenvalue weighted by Gasteiger charge is -2.49. The zero-order valence-electron chi connectivity index (χ0n) is 46.0. The van der Waals surface area contributed by atoms with Crippen LogP contribution in [0.1, 0.15) is 56.3 Å². The number of rotatable bonds is 19. The van der Waals surface area contributed by atoms with E-state index in [0.717, 1.165) is 43.9 Å². The molecular weight excluding hydrogens is 1200 g/mol. The molecular formula is C70H50ClN5O6S5. The predicted octanol–water partition coefficient (Wildman–Crippen LogP) is 15.3. The Morgan fingerprint density at radius 3 is 1.60 bits per heavy atom. The van der Waals surface area contributed by atoms with Gasteiger partial charge >= 0.3 is 5.97 Å². The average Bonchev–Trinajstić information content (AvgIpc) is 1.68. The molecule has 3 aromatic heterocycles. The van der Waals surface area contributed by atoms with E-state index in [9.17, 15) is 4.79 Å². The number of carbonyl (C=O) groups excluding carboxylic acids is 3. The lowest BCUT2D eigenvalue weighted by molar-refractivity contribution is -0.154. The van der Waals surface area contributed by atoms with E-state index < -0.39 is 46.4 Å². The topological polar surface area (TPSA) is 139 Å². The first-order chi connectivity index (χ1) is 42.7. The molecule has 11 nitrogen and oxygen atoms in total. The molecule has 0 spiro atoms. The number of benzene rings is 8. The molecule has 0 aliphatic carbocycles. The summed E-state index contributed by atoms with van der Waals surface area (Å²) in [5.74, 6) is -1.90. The summed E-state index contributed by atoms with van der Waals surface area (Å²) in [6.07, 6.45) is -0.842. The minimum atomic E-state index is -1.45. The van der Waals surface area contributed by atoms with Gasteiger partial charge in [0.15, 0.2) is 22.4 Å². The highest BCUT2D eigenvalue weighted by molar-refractivity contribution is 8.07. The van der Waals surface area contributed by atoms with E-state index in [-0.39, 0.29) is 32.6 Å². The van der Waals surface area contributed by atoms with E-state index >= 15 is 14.4 Å². The molecule has 2 amide bonds. The molecule has 2 aliphatic heterocycles. The van der Waals surface area contributed by atoms with Gasteiger partial charge in [0.2, 0.25) is 5.60 Å². The van der Waals surface area contributed by atoms with Crippen molar-refractivity contribution in [3.05, 3.63) is 336 Å². The maximum atomic E-state index is 15.8. The number of halogens is 1. The van der Waals surface area contributed by atoms with Crippen molar-refractivity contribution in [1.82, 2.24) is 15.2 Å². The number of nitrogens with zero attached hydrogens (tertiary/aromatic N) is 3. The number of hydrogen-bond donors (Lipinski definition) is 2. The summed E-state index contributed by atoms with van der Waals surface area (Å²) in [6.45, 7) is 0. The Kier molecular flexibility index (Phi) is 16.6. The minimum Gasteiger partial charge on any atom is -0.448 e. The van der Waals surface area contributed by atoms with Gasteiger partial charge < -0.3 is 20.2 Å². The molecule has 0 bridgehead atoms. The number of esters is 1. The lowest BCUT2D eigenvalue weighted by Crippen LogP contribution is -2.71. The van der Waals surface area contributed by atoms with Gasteiger partial charge in [-0.1, -0.05) is 283 Å². The molecule has 87 heavy (non-hydrogen) atoms. The van der Waals surface area contributed by atoms with Crippen LogP contribution < -0.4 is 16.1 Å². The fourth-order valence-corrected chi connectivity index (χ4v) is 17.0. The van der Waals surface area contributed by atoms with Crippen LogP contribution in [0.5, 0.6) is 0 Å². The van der Waals surface area contributed by atoms with Gasteiger partial charge in [-0.05, 0) is 39.3 Å². The molecule has 13 rings (SSSR count). The number of β-lactam (4-membered cyclic amide) rings is 1. The maximum Gasteiger partial charge on any atom is 0.356 e. The number of thioether (sulfide) groups is 2. The van der Waals surface area contributed by atoms with Gasteiger partial charge in [-0.3, -0.25) is 19.3 Å². The third-order valence-electron chi connectivity index (χ3n) is 15.1. The first-order valence-electron chi connectivity index (χ1n) is 27.7. The molecule has 17 heteroatoms. The number of amides is 2. The van der Waals surface area contributed by atoms with Crippen molar-refractivity contribution in [2.75, 3.05) is 11.1 Å². The second-order valence-electron chi connectivity index (χ2n) is 20.3. The largest absolute Gasteiger partial charge is 0.448 e. The van der Waals surface area contributed by atoms with Crippen LogP contribution in [0.2, 0.25) is 4.34 Å². The monoisotopic (exact) mass is 1250 g/mol. The molecule has 1 fully saturated rings. The summed E-state index contributed by atoms with van der Waals surface area (Å²) >= 11 is 14.0. The fraction of sp³-hybridized carbons (Fsp3) is 0.0857. The number of hydrogen-bond acceptors (Lipinski definition) is 14. The quantitative estimate of drug-likeness (QED) is 0.0264. The maximum absolute atomic E-state index is 15.8. The third-order valence-corrected chi connectivity index (χ3v) is 21.1. The highest BCUT2D eigenvalue weighted by Crippen LogP contribution is 2.49. The van der Waals surface area contributed by atoms with Gasteiger partial charge in [-0.2, -0.15) is 0 Å². The highest BCUT2D eigenvalue weighted by Gasteiger charge is 2.55. The normalized spacial score (nSPS) is 15.2. The van der Waals surface area contributed by atoms with Crippen LogP contribution in [0.4, 0.5) is 5.13 Å². The van der Waals surface area contributed by atoms with E-state index in [4.69, 9.17) is 31.3 Å². The number of fused-ring (bicyclic) bond motifs is 2. The van der Waals surface area contributed by atoms with Crippen LogP contribution in [0.25, 0.3) is 9.40 Å². The molecule has 2 aliphatic rings. The Morgan fingerprint density at radius 2 is 1.10 bits per heavy atom. The molecule has 0 radical (unpaired) electrons. The van der Waals surface area contributed by atoms with E-state index in [0.29, 0.717) is 35.6 Å². The summed E-state index contributed by atoms with van der Waals surface area (Å²) in [5.41, 5.74) is 3.42. The van der Waals surface area contributed by atoms with E-state index in [1.807, 2.05) is 218 Å². The second-order valence-corrected chi connectivity index (χ2v) is 26.4. The highest BCUT2D eigenvalue weighted by atomic mass is 35.5. The molecule has 5 heterocycles. The number of aromatic nitrogens is 1. The standard InChI is InChI=1S/C70H50ClN5O6S5/c71-63-57(73-68(87-63)74-69(47-29-13-3-14-30-47,48-31-15-4-16-32-48)49-33-17-5-18-34-49)58(75-82-70(50-35-19-6-20-36-50,51-37-21-7-22-38-51)52-39-23-8-24-40-52)64(78)72-59-65(79)76-60(67(80)81-61(45-25-9-1-10-26-45)46-27-11-2-12-28-46)55(44-84-66(59)76)86-56-43-53(77)62-54(85-56)41-42-83-62/h1-43,59,61,66H,44H2,(H,72,78)(H,73,74)/t59?,66-/m0/s1. The van der Waals surface area contributed by atoms with E-state index in [1.165, 1.54) is 51.1 Å². The van der Waals surface area contributed by atoms with Crippen molar-refractivity contribution in [2.24, 2.45) is 5.16 Å². The van der Waals surface area contributed by atoms with Crippen LogP contribution in [0.3, 0.4) is 0 Å². The van der Waals surface area contributed by atoms with Gasteiger partial charge in [0.05, 0.1) is 13.6 Å². The summed E-state index contributed by atoms with van der Waals surface area (Å²) in [7, 11) is 0. The molecule has 1 unspecified atom stereocenters. The average molecular weight is 1250 g/mol. The zero-order valence-corrected chi connectivity index (χ0v) is 50.8. The number of ether oxygens (including phenoxy) is 1. The Bertz CT molecular complexity index is 4160.